The van der Waals surface area contributed by atoms with Crippen LogP contribution in [0.25, 0.3) is 0 Å². The van der Waals surface area contributed by atoms with E-state index in [2.05, 4.69) is 81.3 Å². The van der Waals surface area contributed by atoms with Gasteiger partial charge in [0.15, 0.2) is 8.32 Å². The molecule has 0 N–H and O–H groups in total. The third-order valence-electron chi connectivity index (χ3n) is 6.54. The highest BCUT2D eigenvalue weighted by Crippen LogP contribution is 2.37. The quantitative estimate of drug-likeness (QED) is 0.445. The first-order chi connectivity index (χ1) is 15.0. The van der Waals surface area contributed by atoms with E-state index < -0.39 is 21.1 Å². The van der Waals surface area contributed by atoms with Gasteiger partial charge < -0.3 is 14.1 Å². The molecule has 1 aliphatic carbocycles. The molecule has 1 unspecified atom stereocenters. The van der Waals surface area contributed by atoms with Gasteiger partial charge in [0.1, 0.15) is 19.4 Å². The first-order valence-electron chi connectivity index (χ1n) is 11.3. The molecule has 0 saturated heterocycles. The van der Waals surface area contributed by atoms with Gasteiger partial charge >= 0.3 is 0 Å². The Labute approximate surface area is 193 Å². The van der Waals surface area contributed by atoms with Crippen LogP contribution in [0.5, 0.6) is 0 Å². The van der Waals surface area contributed by atoms with Crippen molar-refractivity contribution in [3.63, 3.8) is 0 Å². The Balaban J connectivity index is 1.63. The number of alkyl halides is 1. The summed E-state index contributed by atoms with van der Waals surface area (Å²) < 4.78 is 25.9. The van der Waals surface area contributed by atoms with Crippen molar-refractivity contribution in [2.45, 2.75) is 57.5 Å². The summed E-state index contributed by atoms with van der Waals surface area (Å²) in [5.41, 5.74) is 4.41. The summed E-state index contributed by atoms with van der Waals surface area (Å²) >= 11 is 0. The third-order valence-corrected chi connectivity index (χ3v) is 11.1. The molecule has 3 rings (SSSR count). The maximum Gasteiger partial charge on any atom is 0.192 e. The lowest BCUT2D eigenvalue weighted by Crippen LogP contribution is -2.45. The van der Waals surface area contributed by atoms with Crippen LogP contribution < -0.4 is 4.90 Å². The minimum atomic E-state index is -2.05. The number of halogens is 1. The zero-order chi connectivity index (χ0) is 23.5. The van der Waals surface area contributed by atoms with E-state index in [1.165, 1.54) is 5.57 Å². The fourth-order valence-corrected chi connectivity index (χ4v) is 4.78. The molecule has 0 fully saturated rings. The van der Waals surface area contributed by atoms with Gasteiger partial charge in [-0.25, -0.2) is 4.39 Å². The summed E-state index contributed by atoms with van der Waals surface area (Å²) in [5.74, 6) is 0.831. The van der Waals surface area contributed by atoms with E-state index in [0.717, 1.165) is 22.7 Å². The number of hydrogen-bond acceptors (Lipinski definition) is 4. The van der Waals surface area contributed by atoms with Gasteiger partial charge in [-0.1, -0.05) is 45.1 Å². The lowest BCUT2D eigenvalue weighted by Gasteiger charge is -2.38. The molecule has 0 aromatic heterocycles. The van der Waals surface area contributed by atoms with Crippen molar-refractivity contribution in [3.8, 4) is 0 Å². The number of aliphatic imine (C=N–C) groups is 1. The van der Waals surface area contributed by atoms with Crippen molar-refractivity contribution in [2.75, 3.05) is 32.3 Å². The summed E-state index contributed by atoms with van der Waals surface area (Å²) in [4.78, 5) is 7.05. The summed E-state index contributed by atoms with van der Waals surface area (Å²) in [6.07, 6.45) is 8.36. The molecule has 0 bridgehead atoms. The lowest BCUT2D eigenvalue weighted by atomic mass is 9.93. The van der Waals surface area contributed by atoms with Crippen LogP contribution in [0.2, 0.25) is 18.1 Å². The van der Waals surface area contributed by atoms with Crippen molar-refractivity contribution in [2.24, 2.45) is 4.99 Å². The first-order valence-corrected chi connectivity index (χ1v) is 14.2. The topological polar surface area (TPSA) is 34.1 Å². The Morgan fingerprint density at radius 2 is 1.81 bits per heavy atom. The van der Waals surface area contributed by atoms with Crippen LogP contribution in [-0.2, 0) is 9.16 Å². The Morgan fingerprint density at radius 3 is 2.41 bits per heavy atom. The monoisotopic (exact) mass is 456 g/mol. The molecule has 2 atom stereocenters. The molecule has 0 radical (unpaired) electrons. The van der Waals surface area contributed by atoms with Gasteiger partial charge in [0, 0.05) is 26.2 Å². The van der Waals surface area contributed by atoms with Gasteiger partial charge in [-0.15, -0.1) is 0 Å². The second-order valence-electron chi connectivity index (χ2n) is 10.3. The summed E-state index contributed by atoms with van der Waals surface area (Å²) in [5, 5.41) is 0.0342. The zero-order valence-electron chi connectivity index (χ0n) is 20.5. The number of rotatable bonds is 8. The number of fused-ring (bicyclic) bond motifs is 1. The predicted molar refractivity (Wildman–Crippen MR) is 135 cm³/mol. The van der Waals surface area contributed by atoms with E-state index >= 15 is 0 Å². The summed E-state index contributed by atoms with van der Waals surface area (Å²) in [6, 6.07) is 8.44. The molecule has 1 aromatic rings. The van der Waals surface area contributed by atoms with E-state index in [-0.39, 0.29) is 17.7 Å². The maximum atomic E-state index is 13.7. The molecule has 0 spiro atoms. The Bertz CT molecular complexity index is 924. The maximum absolute atomic E-state index is 13.7. The largest absolute Gasteiger partial charge is 0.495 e. The standard InChI is InChI=1S/C26H37FN2O2Si/c1-26(2,3)32(6,7)31-23(17-27)18-30-22-14-10-20-11-15-24(28-25(20)16-22)19-8-12-21(13-9-19)29(4)5/h8-15,23,25H,16-18H2,1-7H3/t23?,25-/m0/s1. The number of nitrogens with zero attached hydrogens (tertiary/aromatic N) is 2. The number of hydrogen-bond donors (Lipinski definition) is 0. The molecule has 1 aliphatic heterocycles. The Hall–Kier alpha value is -2.18. The molecular formula is C26H37FN2O2Si. The average Bonchev–Trinajstić information content (AvgIpc) is 2.75. The number of anilines is 1. The molecule has 32 heavy (non-hydrogen) atoms. The number of dihydropyridines is 1. The normalized spacial score (nSPS) is 19.5. The van der Waals surface area contributed by atoms with Crippen LogP contribution >= 0.6 is 0 Å². The highest BCUT2D eigenvalue weighted by atomic mass is 28.4. The van der Waals surface area contributed by atoms with Gasteiger partial charge in [0.2, 0.25) is 0 Å². The molecule has 2 aliphatic rings. The SMILES string of the molecule is CN(C)c1ccc(C2=N[C@H]3CC(OCC(CF)O[Si](C)(C)C(C)(C)C)=CC=C3C=C2)cc1. The molecule has 174 valence electrons. The number of ether oxygens (including phenoxy) is 1. The Morgan fingerprint density at radius 1 is 1.12 bits per heavy atom. The predicted octanol–water partition coefficient (Wildman–Crippen LogP) is 6.07. The minimum absolute atomic E-state index is 0.0219. The second-order valence-corrected chi connectivity index (χ2v) is 15.0. The molecule has 0 amide bonds. The van der Waals surface area contributed by atoms with Crippen molar-refractivity contribution in [3.05, 3.63) is 65.5 Å². The third kappa shape index (κ3) is 5.78. The van der Waals surface area contributed by atoms with E-state index in [0.29, 0.717) is 6.42 Å². The summed E-state index contributed by atoms with van der Waals surface area (Å²) in [7, 11) is 2.02. The fourth-order valence-electron chi connectivity index (χ4n) is 3.46. The first kappa shape index (κ1) is 24.5. The van der Waals surface area contributed by atoms with Gasteiger partial charge in [0.25, 0.3) is 0 Å². The number of benzene rings is 1. The summed E-state index contributed by atoms with van der Waals surface area (Å²) in [6.45, 7) is 10.4. The second kappa shape index (κ2) is 9.75. The van der Waals surface area contributed by atoms with E-state index in [1.54, 1.807) is 0 Å². The molecule has 1 aromatic carbocycles. The van der Waals surface area contributed by atoms with E-state index in [9.17, 15) is 4.39 Å². The van der Waals surface area contributed by atoms with E-state index in [4.69, 9.17) is 14.2 Å². The van der Waals surface area contributed by atoms with Gasteiger partial charge in [-0.05, 0) is 53.6 Å². The van der Waals surface area contributed by atoms with Crippen molar-refractivity contribution >= 4 is 19.7 Å². The molecule has 0 saturated carbocycles. The molecular weight excluding hydrogens is 419 g/mol. The highest BCUT2D eigenvalue weighted by Gasteiger charge is 2.39. The number of allylic oxidation sites excluding steroid dienone is 3. The van der Waals surface area contributed by atoms with Crippen LogP contribution in [0.3, 0.4) is 0 Å². The fraction of sp³-hybridized carbons (Fsp3) is 0.500. The average molecular weight is 457 g/mol. The molecule has 4 nitrogen and oxygen atoms in total. The Kier molecular flexibility index (Phi) is 7.45. The van der Waals surface area contributed by atoms with Gasteiger partial charge in [-0.3, -0.25) is 4.99 Å². The van der Waals surface area contributed by atoms with Crippen LogP contribution in [0.1, 0.15) is 32.8 Å². The van der Waals surface area contributed by atoms with E-state index in [1.807, 2.05) is 20.2 Å². The van der Waals surface area contributed by atoms with Crippen LogP contribution in [0.15, 0.2) is 64.9 Å². The van der Waals surface area contributed by atoms with Crippen LogP contribution in [0.4, 0.5) is 10.1 Å². The van der Waals surface area contributed by atoms with Gasteiger partial charge in [0.05, 0.1) is 17.5 Å². The molecule has 1 heterocycles. The van der Waals surface area contributed by atoms with Crippen molar-refractivity contribution in [1.82, 2.24) is 0 Å². The van der Waals surface area contributed by atoms with Crippen LogP contribution in [0, 0.1) is 0 Å². The van der Waals surface area contributed by atoms with Gasteiger partial charge in [-0.2, -0.15) is 0 Å². The van der Waals surface area contributed by atoms with Crippen LogP contribution in [-0.4, -0.2) is 53.6 Å². The smallest absolute Gasteiger partial charge is 0.192 e. The minimum Gasteiger partial charge on any atom is -0.495 e. The zero-order valence-corrected chi connectivity index (χ0v) is 21.5. The van der Waals surface area contributed by atoms with Crippen molar-refractivity contribution in [1.29, 1.82) is 0 Å². The highest BCUT2D eigenvalue weighted by molar-refractivity contribution is 6.74. The molecule has 6 heteroatoms. The lowest BCUT2D eigenvalue weighted by molar-refractivity contribution is 0.0580. The van der Waals surface area contributed by atoms with Crippen molar-refractivity contribution < 1.29 is 13.6 Å².